The van der Waals surface area contributed by atoms with Gasteiger partial charge in [-0.1, -0.05) is 51.5 Å². The highest BCUT2D eigenvalue weighted by Gasteiger charge is 2.72. The molecule has 0 amide bonds. The predicted molar refractivity (Wildman–Crippen MR) is 108 cm³/mol. The van der Waals surface area contributed by atoms with E-state index in [-0.39, 0.29) is 0 Å². The van der Waals surface area contributed by atoms with Gasteiger partial charge >= 0.3 is 0 Å². The Morgan fingerprint density at radius 1 is 1.12 bits per heavy atom. The van der Waals surface area contributed by atoms with E-state index in [1.807, 2.05) is 0 Å². The SMILES string of the molecule is C=C1CCC2C3C(C(c4ccc(N(C)C)cc4)CC12C)C3(C)CCC. The number of fused-ring (bicyclic) bond motifs is 3. The molecule has 4 rings (SSSR count). The molecule has 3 aliphatic rings. The molecule has 0 aliphatic heterocycles. The zero-order valence-electron chi connectivity index (χ0n) is 16.8. The number of hydrogen-bond acceptors (Lipinski definition) is 1. The molecule has 0 heterocycles. The standard InChI is InChI=1S/C24H35N/c1-7-14-23(3)21-19(17-9-11-18(12-10-17)25(5)6)15-24(4)16(2)8-13-20(24)22(21)23/h9-12,19-22H,2,7-8,13-15H2,1,3-6H3. The highest BCUT2D eigenvalue weighted by atomic mass is 15.1. The maximum Gasteiger partial charge on any atom is 0.0361 e. The molecule has 3 aliphatic carbocycles. The summed E-state index contributed by atoms with van der Waals surface area (Å²) in [6, 6.07) is 9.43. The Bertz CT molecular complexity index is 672. The topological polar surface area (TPSA) is 3.24 Å². The molecule has 1 heteroatoms. The van der Waals surface area contributed by atoms with Gasteiger partial charge in [-0.15, -0.1) is 0 Å². The molecule has 0 aromatic heterocycles. The number of nitrogens with zero attached hydrogens (tertiary/aromatic N) is 1. The molecule has 1 nitrogen and oxygen atoms in total. The maximum absolute atomic E-state index is 4.52. The summed E-state index contributed by atoms with van der Waals surface area (Å²) in [6.07, 6.45) is 6.69. The van der Waals surface area contributed by atoms with Crippen molar-refractivity contribution in [3.8, 4) is 0 Å². The summed E-state index contributed by atoms with van der Waals surface area (Å²) in [4.78, 5) is 2.20. The number of benzene rings is 1. The summed E-state index contributed by atoms with van der Waals surface area (Å²) in [5, 5.41) is 0. The van der Waals surface area contributed by atoms with Crippen LogP contribution in [0.1, 0.15) is 64.4 Å². The normalized spacial score (nSPS) is 42.0. The van der Waals surface area contributed by atoms with Crippen LogP contribution in [0.4, 0.5) is 5.69 Å². The second kappa shape index (κ2) is 5.63. The van der Waals surface area contributed by atoms with Crippen molar-refractivity contribution < 1.29 is 0 Å². The summed E-state index contributed by atoms with van der Waals surface area (Å²) in [5.74, 6) is 3.42. The minimum Gasteiger partial charge on any atom is -0.378 e. The van der Waals surface area contributed by atoms with Crippen LogP contribution in [0.25, 0.3) is 0 Å². The quantitative estimate of drug-likeness (QED) is 0.586. The molecule has 0 radical (unpaired) electrons. The summed E-state index contributed by atoms with van der Waals surface area (Å²) in [5.41, 5.74) is 5.35. The minimum absolute atomic E-state index is 0.373. The van der Waals surface area contributed by atoms with Crippen LogP contribution >= 0.6 is 0 Å². The van der Waals surface area contributed by atoms with Gasteiger partial charge < -0.3 is 4.90 Å². The van der Waals surface area contributed by atoms with E-state index < -0.39 is 0 Å². The van der Waals surface area contributed by atoms with E-state index in [1.54, 1.807) is 5.56 Å². The molecule has 6 unspecified atom stereocenters. The van der Waals surface area contributed by atoms with E-state index >= 15 is 0 Å². The molecule has 0 saturated heterocycles. The summed E-state index contributed by atoms with van der Waals surface area (Å²) < 4.78 is 0. The van der Waals surface area contributed by atoms with Crippen LogP contribution in [0, 0.1) is 28.6 Å². The van der Waals surface area contributed by atoms with Crippen molar-refractivity contribution in [2.24, 2.45) is 28.6 Å². The first-order valence-corrected chi connectivity index (χ1v) is 10.3. The van der Waals surface area contributed by atoms with Crippen molar-refractivity contribution in [3.63, 3.8) is 0 Å². The molecule has 3 fully saturated rings. The first-order chi connectivity index (χ1) is 11.8. The van der Waals surface area contributed by atoms with Crippen LogP contribution in [0.5, 0.6) is 0 Å². The van der Waals surface area contributed by atoms with Gasteiger partial charge in [0.25, 0.3) is 0 Å². The van der Waals surface area contributed by atoms with Crippen LogP contribution in [-0.4, -0.2) is 14.1 Å². The minimum atomic E-state index is 0.373. The van der Waals surface area contributed by atoms with Crippen molar-refractivity contribution in [1.82, 2.24) is 0 Å². The third-order valence-corrected chi connectivity index (χ3v) is 8.32. The van der Waals surface area contributed by atoms with Crippen molar-refractivity contribution in [3.05, 3.63) is 42.0 Å². The van der Waals surface area contributed by atoms with Gasteiger partial charge in [0.05, 0.1) is 0 Å². The monoisotopic (exact) mass is 337 g/mol. The zero-order chi connectivity index (χ0) is 18.0. The van der Waals surface area contributed by atoms with Gasteiger partial charge in [-0.25, -0.2) is 0 Å². The Kier molecular flexibility index (Phi) is 3.87. The average Bonchev–Trinajstić information content (AvgIpc) is 3.06. The molecule has 136 valence electrons. The van der Waals surface area contributed by atoms with Crippen molar-refractivity contribution in [2.45, 2.75) is 58.8 Å². The fraction of sp³-hybridized carbons (Fsp3) is 0.667. The molecule has 3 saturated carbocycles. The van der Waals surface area contributed by atoms with Gasteiger partial charge in [0.15, 0.2) is 0 Å². The molecule has 1 aromatic carbocycles. The van der Waals surface area contributed by atoms with E-state index in [0.717, 1.165) is 17.8 Å². The second-order valence-electron chi connectivity index (χ2n) is 9.77. The first-order valence-electron chi connectivity index (χ1n) is 10.3. The molecule has 1 aromatic rings. The van der Waals surface area contributed by atoms with E-state index in [4.69, 9.17) is 0 Å². The summed E-state index contributed by atoms with van der Waals surface area (Å²) in [7, 11) is 4.25. The lowest BCUT2D eigenvalue weighted by Crippen LogP contribution is -2.32. The van der Waals surface area contributed by atoms with Gasteiger partial charge in [0.1, 0.15) is 0 Å². The molecule has 6 atom stereocenters. The molecule has 0 N–H and O–H groups in total. The molecule has 25 heavy (non-hydrogen) atoms. The van der Waals surface area contributed by atoms with Gasteiger partial charge in [-0.2, -0.15) is 0 Å². The Hall–Kier alpha value is -1.24. The lowest BCUT2D eigenvalue weighted by molar-refractivity contribution is 0.153. The Labute approximate surface area is 154 Å². The molecular weight excluding hydrogens is 302 g/mol. The Balaban J connectivity index is 1.71. The van der Waals surface area contributed by atoms with E-state index in [2.05, 4.69) is 70.6 Å². The number of allylic oxidation sites excluding steroid dienone is 1. The van der Waals surface area contributed by atoms with Gasteiger partial charge in [0, 0.05) is 19.8 Å². The number of hydrogen-bond donors (Lipinski definition) is 0. The van der Waals surface area contributed by atoms with Crippen LogP contribution in [0.2, 0.25) is 0 Å². The fourth-order valence-corrected chi connectivity index (χ4v) is 6.93. The van der Waals surface area contributed by atoms with Gasteiger partial charge in [0.2, 0.25) is 0 Å². The first kappa shape index (κ1) is 17.2. The maximum atomic E-state index is 4.52. The van der Waals surface area contributed by atoms with Crippen LogP contribution < -0.4 is 4.90 Å². The number of rotatable bonds is 4. The van der Waals surface area contributed by atoms with Crippen molar-refractivity contribution in [2.75, 3.05) is 19.0 Å². The molecule has 0 spiro atoms. The summed E-state index contributed by atoms with van der Waals surface area (Å²) in [6.45, 7) is 12.0. The Morgan fingerprint density at radius 2 is 1.80 bits per heavy atom. The second-order valence-corrected chi connectivity index (χ2v) is 9.77. The fourth-order valence-electron chi connectivity index (χ4n) is 6.93. The Morgan fingerprint density at radius 3 is 2.40 bits per heavy atom. The van der Waals surface area contributed by atoms with Crippen LogP contribution in [0.15, 0.2) is 36.4 Å². The lowest BCUT2D eigenvalue weighted by atomic mass is 9.63. The zero-order valence-corrected chi connectivity index (χ0v) is 16.8. The van der Waals surface area contributed by atoms with E-state index in [1.165, 1.54) is 43.4 Å². The van der Waals surface area contributed by atoms with Crippen molar-refractivity contribution >= 4 is 5.69 Å². The lowest BCUT2D eigenvalue weighted by Gasteiger charge is -2.41. The third-order valence-electron chi connectivity index (χ3n) is 8.32. The summed E-state index contributed by atoms with van der Waals surface area (Å²) >= 11 is 0. The van der Waals surface area contributed by atoms with Crippen molar-refractivity contribution in [1.29, 1.82) is 0 Å². The van der Waals surface area contributed by atoms with Gasteiger partial charge in [-0.05, 0) is 77.9 Å². The molecule has 0 bridgehead atoms. The molecular formula is C24H35N. The van der Waals surface area contributed by atoms with Crippen LogP contribution in [0.3, 0.4) is 0 Å². The highest BCUT2D eigenvalue weighted by Crippen LogP contribution is 2.79. The average molecular weight is 338 g/mol. The largest absolute Gasteiger partial charge is 0.378 e. The number of anilines is 1. The van der Waals surface area contributed by atoms with Crippen LogP contribution in [-0.2, 0) is 0 Å². The van der Waals surface area contributed by atoms with Gasteiger partial charge in [-0.3, -0.25) is 0 Å². The van der Waals surface area contributed by atoms with E-state index in [0.29, 0.717) is 16.7 Å². The highest BCUT2D eigenvalue weighted by molar-refractivity contribution is 5.47. The third kappa shape index (κ3) is 2.34. The smallest absolute Gasteiger partial charge is 0.0361 e. The van der Waals surface area contributed by atoms with E-state index in [9.17, 15) is 0 Å². The predicted octanol–water partition coefficient (Wildman–Crippen LogP) is 6.26.